The number of hydrogen-bond acceptors (Lipinski definition) is 5. The first-order chi connectivity index (χ1) is 7.32. The molecule has 0 aliphatic carbocycles. The highest BCUT2D eigenvalue weighted by Gasteiger charge is 2.25. The van der Waals surface area contributed by atoms with Crippen LogP contribution in [0.25, 0.3) is 0 Å². The summed E-state index contributed by atoms with van der Waals surface area (Å²) in [5.74, 6) is -4.44. The molecule has 9 heteroatoms. The van der Waals surface area contributed by atoms with Crippen LogP contribution < -0.4 is 5.32 Å². The van der Waals surface area contributed by atoms with Gasteiger partial charge in [-0.2, -0.15) is 0 Å². The molecule has 16 heavy (non-hydrogen) atoms. The Morgan fingerprint density at radius 3 is 2.00 bits per heavy atom. The highest BCUT2D eigenvalue weighted by Crippen LogP contribution is 1.99. The van der Waals surface area contributed by atoms with Crippen molar-refractivity contribution in [1.82, 2.24) is 5.32 Å². The maximum absolute atomic E-state index is 10.8. The number of rotatable bonds is 6. The van der Waals surface area contributed by atoms with Crippen LogP contribution in [0.2, 0.25) is 0 Å². The summed E-state index contributed by atoms with van der Waals surface area (Å²) in [6, 6.07) is 0. The fourth-order valence-corrected chi connectivity index (χ4v) is 0.657. The molecular weight excluding hydrogens is 226 g/mol. The van der Waals surface area contributed by atoms with Gasteiger partial charge in [0.15, 0.2) is 0 Å². The zero-order valence-corrected chi connectivity index (χ0v) is 7.87. The van der Waals surface area contributed by atoms with Crippen molar-refractivity contribution in [1.29, 1.82) is 0 Å². The summed E-state index contributed by atoms with van der Waals surface area (Å²) < 4.78 is 4.18. The molecule has 0 radical (unpaired) electrons. The van der Waals surface area contributed by atoms with Crippen LogP contribution in [0.4, 0.5) is 4.79 Å². The van der Waals surface area contributed by atoms with Crippen LogP contribution in [0.3, 0.4) is 0 Å². The molecule has 0 bridgehead atoms. The summed E-state index contributed by atoms with van der Waals surface area (Å²) in [5.41, 5.74) is 0. The van der Waals surface area contributed by atoms with Crippen molar-refractivity contribution in [3.63, 3.8) is 0 Å². The Bertz CT molecular complexity index is 312. The summed E-state index contributed by atoms with van der Waals surface area (Å²) in [7, 11) is 0. The molecule has 0 saturated carbocycles. The second-order valence-corrected chi connectivity index (χ2v) is 2.58. The molecule has 0 saturated heterocycles. The summed E-state index contributed by atoms with van der Waals surface area (Å²) in [6.45, 7) is -0.752. The monoisotopic (exact) mass is 235 g/mol. The third-order valence-electron chi connectivity index (χ3n) is 1.27. The van der Waals surface area contributed by atoms with Gasteiger partial charge < -0.3 is 25.4 Å². The van der Waals surface area contributed by atoms with E-state index in [-0.39, 0.29) is 0 Å². The average Bonchev–Trinajstić information content (AvgIpc) is 2.12. The van der Waals surface area contributed by atoms with E-state index in [1.54, 1.807) is 5.32 Å². The average molecular weight is 235 g/mol. The lowest BCUT2D eigenvalue weighted by atomic mass is 10.2. The number of hydrogen-bond donors (Lipinski definition) is 4. The number of ether oxygens (including phenoxy) is 1. The lowest BCUT2D eigenvalue weighted by Crippen LogP contribution is -2.36. The van der Waals surface area contributed by atoms with Crippen molar-refractivity contribution < 1.29 is 39.2 Å². The van der Waals surface area contributed by atoms with E-state index in [1.807, 2.05) is 0 Å². The van der Waals surface area contributed by atoms with Gasteiger partial charge in [0.2, 0.25) is 6.10 Å². The molecule has 0 heterocycles. The van der Waals surface area contributed by atoms with E-state index < -0.39 is 43.1 Å². The number of carbonyl (C=O) groups excluding carboxylic acids is 1. The Balaban J connectivity index is 4.18. The molecule has 0 aliphatic heterocycles. The second-order valence-electron chi connectivity index (χ2n) is 2.58. The van der Waals surface area contributed by atoms with E-state index in [9.17, 15) is 19.2 Å². The zero-order chi connectivity index (χ0) is 12.7. The van der Waals surface area contributed by atoms with Crippen molar-refractivity contribution >= 4 is 24.0 Å². The molecule has 90 valence electrons. The van der Waals surface area contributed by atoms with Crippen molar-refractivity contribution in [2.24, 2.45) is 0 Å². The molecule has 0 rings (SSSR count). The third kappa shape index (κ3) is 6.18. The van der Waals surface area contributed by atoms with Crippen LogP contribution in [0.5, 0.6) is 0 Å². The number of carboxylic acid groups (broad SMARTS) is 3. The first-order valence-electron chi connectivity index (χ1n) is 3.93. The number of carbonyl (C=O) groups is 4. The zero-order valence-electron chi connectivity index (χ0n) is 7.87. The summed E-state index contributed by atoms with van der Waals surface area (Å²) in [4.78, 5) is 41.4. The Hall–Kier alpha value is -2.32. The van der Waals surface area contributed by atoms with E-state index in [1.165, 1.54) is 0 Å². The van der Waals surface area contributed by atoms with Crippen LogP contribution in [0, 0.1) is 0 Å². The first kappa shape index (κ1) is 13.7. The van der Waals surface area contributed by atoms with Crippen LogP contribution in [-0.2, 0) is 19.1 Å². The number of amides is 1. The fourth-order valence-electron chi connectivity index (χ4n) is 0.657. The van der Waals surface area contributed by atoms with Crippen LogP contribution in [-0.4, -0.2) is 52.0 Å². The number of alkyl carbamates (subject to hydrolysis) is 1. The first-order valence-corrected chi connectivity index (χ1v) is 3.93. The molecule has 0 aliphatic rings. The normalized spacial score (nSPS) is 11.2. The minimum absolute atomic E-state index is 0.752. The standard InChI is InChI=1S/C7H9NO8/c9-4(10)1-3(6(13)14)16-7(15)8-2-5(11)12/h3H,1-2H2,(H,8,15)(H,9,10)(H,11,12)(H,13,14). The molecule has 0 spiro atoms. The fraction of sp³-hybridized carbons (Fsp3) is 0.429. The van der Waals surface area contributed by atoms with Gasteiger partial charge in [0, 0.05) is 0 Å². The molecule has 4 N–H and O–H groups in total. The minimum atomic E-state index is -1.86. The van der Waals surface area contributed by atoms with Gasteiger partial charge in [-0.1, -0.05) is 0 Å². The molecule has 1 atom stereocenters. The van der Waals surface area contributed by atoms with Crippen molar-refractivity contribution in [2.75, 3.05) is 6.54 Å². The Morgan fingerprint density at radius 1 is 1.06 bits per heavy atom. The van der Waals surface area contributed by atoms with E-state index in [4.69, 9.17) is 15.3 Å². The molecule has 0 aromatic rings. The van der Waals surface area contributed by atoms with Crippen LogP contribution >= 0.6 is 0 Å². The van der Waals surface area contributed by atoms with Gasteiger partial charge in [-0.05, 0) is 0 Å². The highest BCUT2D eigenvalue weighted by atomic mass is 16.6. The van der Waals surface area contributed by atoms with Gasteiger partial charge in [0.1, 0.15) is 6.54 Å². The smallest absolute Gasteiger partial charge is 0.408 e. The maximum Gasteiger partial charge on any atom is 0.408 e. The van der Waals surface area contributed by atoms with Gasteiger partial charge in [0.25, 0.3) is 0 Å². The Kier molecular flexibility index (Phi) is 5.32. The van der Waals surface area contributed by atoms with Crippen molar-refractivity contribution in [3.05, 3.63) is 0 Å². The quantitative estimate of drug-likeness (QED) is 0.444. The van der Waals surface area contributed by atoms with Gasteiger partial charge in [0.05, 0.1) is 6.42 Å². The van der Waals surface area contributed by atoms with Crippen molar-refractivity contribution in [3.8, 4) is 0 Å². The third-order valence-corrected chi connectivity index (χ3v) is 1.27. The van der Waals surface area contributed by atoms with Crippen LogP contribution in [0.15, 0.2) is 0 Å². The number of aliphatic carboxylic acids is 3. The lowest BCUT2D eigenvalue weighted by Gasteiger charge is -2.11. The Morgan fingerprint density at radius 2 is 1.62 bits per heavy atom. The summed E-state index contributed by atoms with van der Waals surface area (Å²) in [6.07, 6.45) is -4.07. The largest absolute Gasteiger partial charge is 0.481 e. The van der Waals surface area contributed by atoms with E-state index in [0.29, 0.717) is 0 Å². The van der Waals surface area contributed by atoms with E-state index in [0.717, 1.165) is 0 Å². The topological polar surface area (TPSA) is 150 Å². The van der Waals surface area contributed by atoms with E-state index in [2.05, 4.69) is 4.74 Å². The van der Waals surface area contributed by atoms with Gasteiger partial charge in [-0.3, -0.25) is 9.59 Å². The van der Waals surface area contributed by atoms with Crippen LogP contribution in [0.1, 0.15) is 6.42 Å². The minimum Gasteiger partial charge on any atom is -0.481 e. The highest BCUT2D eigenvalue weighted by molar-refractivity contribution is 5.83. The Labute approximate surface area is 88.6 Å². The molecule has 1 unspecified atom stereocenters. The summed E-state index contributed by atoms with van der Waals surface area (Å²) in [5, 5.41) is 26.7. The molecule has 1 amide bonds. The molecule has 0 aromatic carbocycles. The van der Waals surface area contributed by atoms with Gasteiger partial charge >= 0.3 is 24.0 Å². The maximum atomic E-state index is 10.8. The predicted molar refractivity (Wildman–Crippen MR) is 45.8 cm³/mol. The SMILES string of the molecule is O=C(O)CNC(=O)OC(CC(=O)O)C(=O)O. The summed E-state index contributed by atoms with van der Waals surface area (Å²) >= 11 is 0. The molecular formula is C7H9NO8. The number of nitrogens with one attached hydrogen (secondary N) is 1. The van der Waals surface area contributed by atoms with Gasteiger partial charge in [-0.25, -0.2) is 9.59 Å². The van der Waals surface area contributed by atoms with Crippen molar-refractivity contribution in [2.45, 2.75) is 12.5 Å². The van der Waals surface area contributed by atoms with Gasteiger partial charge in [-0.15, -0.1) is 0 Å². The molecule has 0 aromatic heterocycles. The number of carboxylic acids is 3. The van der Waals surface area contributed by atoms with E-state index >= 15 is 0 Å². The molecule has 9 nitrogen and oxygen atoms in total. The predicted octanol–water partition coefficient (Wildman–Crippen LogP) is -1.27. The molecule has 0 fully saturated rings. The lowest BCUT2D eigenvalue weighted by molar-refractivity contribution is -0.153. The second kappa shape index (κ2) is 6.22.